The summed E-state index contributed by atoms with van der Waals surface area (Å²) in [4.78, 5) is 12.6. The number of halogens is 1. The first-order valence-corrected chi connectivity index (χ1v) is 13.5. The Morgan fingerprint density at radius 3 is 2.36 bits per heavy atom. The van der Waals surface area contributed by atoms with E-state index >= 15 is 0 Å². The second-order valence-electron chi connectivity index (χ2n) is 7.68. The van der Waals surface area contributed by atoms with Crippen molar-refractivity contribution in [3.05, 3.63) is 81.8 Å². The van der Waals surface area contributed by atoms with Crippen molar-refractivity contribution in [2.75, 3.05) is 13.2 Å². The van der Waals surface area contributed by atoms with Crippen molar-refractivity contribution in [1.82, 2.24) is 5.43 Å². The highest BCUT2D eigenvalue weighted by Crippen LogP contribution is 2.30. The summed E-state index contributed by atoms with van der Waals surface area (Å²) < 4.78 is 42.0. The van der Waals surface area contributed by atoms with Crippen LogP contribution in [0.4, 0.5) is 0 Å². The van der Waals surface area contributed by atoms with Gasteiger partial charge in [0.2, 0.25) is 0 Å². The summed E-state index contributed by atoms with van der Waals surface area (Å²) in [6.07, 6.45) is 2.29. The second kappa shape index (κ2) is 12.5. The monoisotopic (exact) mass is 574 g/mol. The number of aryl methyl sites for hydroxylation is 1. The van der Waals surface area contributed by atoms with Crippen LogP contribution in [0.15, 0.2) is 75.1 Å². The van der Waals surface area contributed by atoms with Crippen LogP contribution >= 0.6 is 15.9 Å². The Hall–Kier alpha value is -3.37. The van der Waals surface area contributed by atoms with Crippen LogP contribution in [0.5, 0.6) is 17.2 Å². The van der Waals surface area contributed by atoms with E-state index in [9.17, 15) is 13.2 Å². The van der Waals surface area contributed by atoms with Crippen LogP contribution in [-0.2, 0) is 10.1 Å². The van der Waals surface area contributed by atoms with Crippen LogP contribution in [0.1, 0.15) is 41.8 Å². The third kappa shape index (κ3) is 7.32. The maximum absolute atomic E-state index is 12.5. The number of carbonyl (C=O) groups is 1. The van der Waals surface area contributed by atoms with E-state index in [-0.39, 0.29) is 10.6 Å². The molecule has 0 bridgehead atoms. The lowest BCUT2D eigenvalue weighted by atomic mass is 10.2. The lowest BCUT2D eigenvalue weighted by Gasteiger charge is -2.12. The molecule has 0 aliphatic carbocycles. The third-order valence-corrected chi connectivity index (χ3v) is 6.68. The summed E-state index contributed by atoms with van der Waals surface area (Å²) >= 11 is 3.32. The number of ether oxygens (including phenoxy) is 2. The van der Waals surface area contributed by atoms with E-state index in [2.05, 4.69) is 26.5 Å². The molecular formula is C26H27BrN2O6S. The van der Waals surface area contributed by atoms with E-state index in [1.165, 1.54) is 24.4 Å². The zero-order valence-corrected chi connectivity index (χ0v) is 22.6. The molecule has 8 nitrogen and oxygen atoms in total. The Kier molecular flexibility index (Phi) is 9.49. The van der Waals surface area contributed by atoms with Gasteiger partial charge in [-0.1, -0.05) is 24.6 Å². The Labute approximate surface area is 219 Å². The molecule has 0 radical (unpaired) electrons. The van der Waals surface area contributed by atoms with Crippen molar-refractivity contribution >= 4 is 38.2 Å². The SMILES string of the molecule is CCCOc1ccc(C(=O)N/N=C/c2ccc(OS(=O)(=O)c3ccc(C)cc3)c(Br)c2)cc1OCC. The van der Waals surface area contributed by atoms with E-state index in [1.54, 1.807) is 42.5 Å². The molecule has 1 N–H and O–H groups in total. The summed E-state index contributed by atoms with van der Waals surface area (Å²) in [6.45, 7) is 6.72. The van der Waals surface area contributed by atoms with Gasteiger partial charge >= 0.3 is 10.1 Å². The zero-order chi connectivity index (χ0) is 26.1. The van der Waals surface area contributed by atoms with Crippen LogP contribution in [0.25, 0.3) is 0 Å². The van der Waals surface area contributed by atoms with E-state index in [0.717, 1.165) is 12.0 Å². The number of benzene rings is 3. The minimum Gasteiger partial charge on any atom is -0.490 e. The molecule has 10 heteroatoms. The van der Waals surface area contributed by atoms with Crippen molar-refractivity contribution < 1.29 is 26.9 Å². The third-order valence-electron chi connectivity index (χ3n) is 4.81. The number of carbonyl (C=O) groups excluding carboxylic acids is 1. The molecule has 0 fully saturated rings. The molecule has 3 aromatic carbocycles. The lowest BCUT2D eigenvalue weighted by Crippen LogP contribution is -2.17. The number of hydrogen-bond acceptors (Lipinski definition) is 7. The molecule has 0 spiro atoms. The number of nitrogens with zero attached hydrogens (tertiary/aromatic N) is 1. The maximum Gasteiger partial charge on any atom is 0.339 e. The highest BCUT2D eigenvalue weighted by Gasteiger charge is 2.18. The van der Waals surface area contributed by atoms with Crippen LogP contribution in [0, 0.1) is 6.92 Å². The molecule has 0 aromatic heterocycles. The Morgan fingerprint density at radius 1 is 0.972 bits per heavy atom. The average molecular weight is 575 g/mol. The molecular weight excluding hydrogens is 548 g/mol. The van der Waals surface area contributed by atoms with Crippen LogP contribution < -0.4 is 19.1 Å². The summed E-state index contributed by atoms with van der Waals surface area (Å²) in [5.41, 5.74) is 4.39. The first-order chi connectivity index (χ1) is 17.2. The molecule has 3 aromatic rings. The predicted octanol–water partition coefficient (Wildman–Crippen LogP) is 5.48. The Morgan fingerprint density at radius 2 is 1.69 bits per heavy atom. The van der Waals surface area contributed by atoms with Gasteiger partial charge in [-0.05, 0) is 90.3 Å². The largest absolute Gasteiger partial charge is 0.490 e. The van der Waals surface area contributed by atoms with Crippen LogP contribution in [0.2, 0.25) is 0 Å². The smallest absolute Gasteiger partial charge is 0.339 e. The fraction of sp³-hybridized carbons (Fsp3) is 0.231. The number of amides is 1. The summed E-state index contributed by atoms with van der Waals surface area (Å²) in [7, 11) is -3.98. The maximum atomic E-state index is 12.5. The van der Waals surface area contributed by atoms with E-state index < -0.39 is 16.0 Å². The molecule has 0 heterocycles. The molecule has 36 heavy (non-hydrogen) atoms. The highest BCUT2D eigenvalue weighted by atomic mass is 79.9. The molecule has 3 rings (SSSR count). The van der Waals surface area contributed by atoms with Crippen molar-refractivity contribution in [1.29, 1.82) is 0 Å². The molecule has 0 aliphatic rings. The number of nitrogens with one attached hydrogen (secondary N) is 1. The standard InChI is InChI=1S/C26H27BrN2O6S/c1-4-14-34-24-13-9-20(16-25(24)33-5-2)26(30)29-28-17-19-8-12-23(22(27)15-19)35-36(31,32)21-10-6-18(3)7-11-21/h6-13,15-17H,4-5,14H2,1-3H3,(H,29,30)/b28-17+. The van der Waals surface area contributed by atoms with Crippen LogP contribution in [0.3, 0.4) is 0 Å². The fourth-order valence-electron chi connectivity index (χ4n) is 3.02. The van der Waals surface area contributed by atoms with Crippen LogP contribution in [-0.4, -0.2) is 33.8 Å². The quantitative estimate of drug-likeness (QED) is 0.185. The highest BCUT2D eigenvalue weighted by molar-refractivity contribution is 9.10. The fourth-order valence-corrected chi connectivity index (χ4v) is 4.55. The van der Waals surface area contributed by atoms with E-state index in [1.807, 2.05) is 20.8 Å². The van der Waals surface area contributed by atoms with Gasteiger partial charge in [0.15, 0.2) is 17.2 Å². The van der Waals surface area contributed by atoms with E-state index in [0.29, 0.717) is 40.3 Å². The Bertz CT molecular complexity index is 1340. The minimum absolute atomic E-state index is 0.0609. The summed E-state index contributed by atoms with van der Waals surface area (Å²) in [5.74, 6) is 0.779. The van der Waals surface area contributed by atoms with Gasteiger partial charge in [0.25, 0.3) is 5.91 Å². The van der Waals surface area contributed by atoms with Gasteiger partial charge in [0, 0.05) is 5.56 Å². The zero-order valence-electron chi connectivity index (χ0n) is 20.2. The molecule has 190 valence electrons. The normalized spacial score (nSPS) is 11.3. The molecule has 0 saturated carbocycles. The minimum atomic E-state index is -3.98. The number of hydrogen-bond donors (Lipinski definition) is 1. The molecule has 0 saturated heterocycles. The first kappa shape index (κ1) is 27.2. The average Bonchev–Trinajstić information content (AvgIpc) is 2.85. The van der Waals surface area contributed by atoms with Gasteiger partial charge in [0.1, 0.15) is 4.90 Å². The summed E-state index contributed by atoms with van der Waals surface area (Å²) in [6, 6.07) is 16.1. The first-order valence-electron chi connectivity index (χ1n) is 11.3. The lowest BCUT2D eigenvalue weighted by molar-refractivity contribution is 0.0954. The van der Waals surface area contributed by atoms with Crippen molar-refractivity contribution in [2.24, 2.45) is 5.10 Å². The molecule has 1 amide bonds. The summed E-state index contributed by atoms with van der Waals surface area (Å²) in [5, 5.41) is 3.99. The molecule has 0 atom stereocenters. The van der Waals surface area contributed by atoms with E-state index in [4.69, 9.17) is 13.7 Å². The predicted molar refractivity (Wildman–Crippen MR) is 142 cm³/mol. The van der Waals surface area contributed by atoms with Gasteiger partial charge in [-0.25, -0.2) is 5.43 Å². The van der Waals surface area contributed by atoms with Crippen molar-refractivity contribution in [3.63, 3.8) is 0 Å². The topological polar surface area (TPSA) is 103 Å². The van der Waals surface area contributed by atoms with Crippen molar-refractivity contribution in [3.8, 4) is 17.2 Å². The van der Waals surface area contributed by atoms with Gasteiger partial charge < -0.3 is 13.7 Å². The second-order valence-corrected chi connectivity index (χ2v) is 10.1. The van der Waals surface area contributed by atoms with Gasteiger partial charge in [0.05, 0.1) is 23.9 Å². The van der Waals surface area contributed by atoms with Gasteiger partial charge in [-0.3, -0.25) is 4.79 Å². The van der Waals surface area contributed by atoms with Crippen molar-refractivity contribution in [2.45, 2.75) is 32.1 Å². The Balaban J connectivity index is 1.66. The number of hydrazone groups is 1. The van der Waals surface area contributed by atoms with Gasteiger partial charge in [-0.2, -0.15) is 13.5 Å². The molecule has 0 unspecified atom stereocenters. The number of rotatable bonds is 11. The molecule has 0 aliphatic heterocycles. The van der Waals surface area contributed by atoms with Gasteiger partial charge in [-0.15, -0.1) is 0 Å².